The van der Waals surface area contributed by atoms with Crippen molar-refractivity contribution in [3.05, 3.63) is 84.4 Å². The molecular formula is C19H20O2. The Bertz CT molecular complexity index is 629. The van der Waals surface area contributed by atoms with Crippen LogP contribution in [0.3, 0.4) is 0 Å². The molecule has 2 nitrogen and oxygen atoms in total. The van der Waals surface area contributed by atoms with E-state index in [-0.39, 0.29) is 5.78 Å². The summed E-state index contributed by atoms with van der Waals surface area (Å²) in [7, 11) is 0. The van der Waals surface area contributed by atoms with Crippen LogP contribution in [0.4, 0.5) is 0 Å². The van der Waals surface area contributed by atoms with Crippen molar-refractivity contribution >= 4 is 5.78 Å². The van der Waals surface area contributed by atoms with Gasteiger partial charge in [0.2, 0.25) is 0 Å². The van der Waals surface area contributed by atoms with Crippen LogP contribution in [-0.2, 0) is 5.60 Å². The van der Waals surface area contributed by atoms with Crippen LogP contribution >= 0.6 is 0 Å². The number of rotatable bonds is 5. The van der Waals surface area contributed by atoms with Gasteiger partial charge in [-0.05, 0) is 5.56 Å². The third-order valence-corrected chi connectivity index (χ3v) is 4.00. The second kappa shape index (κ2) is 5.66. The number of hydrogen-bond acceptors (Lipinski definition) is 2. The molecule has 0 radical (unpaired) electrons. The molecule has 0 aliphatic carbocycles. The van der Waals surface area contributed by atoms with Gasteiger partial charge in [-0.3, -0.25) is 4.79 Å². The molecule has 2 rings (SSSR count). The van der Waals surface area contributed by atoms with E-state index in [2.05, 4.69) is 6.58 Å². The molecule has 0 fully saturated rings. The predicted molar refractivity (Wildman–Crippen MR) is 85.1 cm³/mol. The highest BCUT2D eigenvalue weighted by atomic mass is 16.3. The van der Waals surface area contributed by atoms with E-state index in [0.717, 1.165) is 0 Å². The highest BCUT2D eigenvalue weighted by molar-refractivity contribution is 6.03. The van der Waals surface area contributed by atoms with E-state index in [1.807, 2.05) is 38.1 Å². The lowest BCUT2D eigenvalue weighted by Gasteiger charge is -2.40. The number of Topliss-reactive ketones (excluding diaryl/α,β-unsaturated/α-hetero) is 1. The third kappa shape index (κ3) is 2.55. The summed E-state index contributed by atoms with van der Waals surface area (Å²) >= 11 is 0. The maximum absolute atomic E-state index is 13.0. The van der Waals surface area contributed by atoms with Crippen molar-refractivity contribution in [2.24, 2.45) is 5.41 Å². The second-order valence-electron chi connectivity index (χ2n) is 5.70. The predicted octanol–water partition coefficient (Wildman–Crippen LogP) is 3.97. The molecule has 2 aromatic carbocycles. The molecule has 0 amide bonds. The molecule has 1 unspecified atom stereocenters. The van der Waals surface area contributed by atoms with Gasteiger partial charge in [0.05, 0.1) is 0 Å². The average molecular weight is 280 g/mol. The molecule has 0 heterocycles. The van der Waals surface area contributed by atoms with Gasteiger partial charge < -0.3 is 5.11 Å². The smallest absolute Gasteiger partial charge is 0.199 e. The number of carbonyl (C=O) groups is 1. The maximum Gasteiger partial charge on any atom is 0.199 e. The van der Waals surface area contributed by atoms with Crippen LogP contribution in [0.5, 0.6) is 0 Å². The molecule has 2 heteroatoms. The quantitative estimate of drug-likeness (QED) is 0.664. The van der Waals surface area contributed by atoms with Crippen LogP contribution in [-0.4, -0.2) is 10.9 Å². The molecule has 108 valence electrons. The van der Waals surface area contributed by atoms with E-state index in [9.17, 15) is 9.90 Å². The highest BCUT2D eigenvalue weighted by Gasteiger charge is 2.49. The van der Waals surface area contributed by atoms with Crippen molar-refractivity contribution in [1.29, 1.82) is 0 Å². The summed E-state index contributed by atoms with van der Waals surface area (Å²) in [6.07, 6.45) is 1.63. The standard InChI is InChI=1S/C19H20O2/c1-4-18(2,3)19(21,16-13-9-6-10-14-16)17(20)15-11-7-5-8-12-15/h4-14,21H,1H2,2-3H3. The molecule has 0 aromatic heterocycles. The largest absolute Gasteiger partial charge is 0.376 e. The Morgan fingerprint density at radius 1 is 1.00 bits per heavy atom. The molecule has 0 spiro atoms. The average Bonchev–Trinajstić information content (AvgIpc) is 2.54. The lowest BCUT2D eigenvalue weighted by Crippen LogP contribution is -2.47. The number of aliphatic hydroxyl groups is 1. The monoisotopic (exact) mass is 280 g/mol. The van der Waals surface area contributed by atoms with E-state index >= 15 is 0 Å². The Balaban J connectivity index is 2.63. The zero-order valence-corrected chi connectivity index (χ0v) is 12.4. The fraction of sp³-hybridized carbons (Fsp3) is 0.211. The number of ketones is 1. The van der Waals surface area contributed by atoms with Crippen LogP contribution in [0.25, 0.3) is 0 Å². The fourth-order valence-corrected chi connectivity index (χ4v) is 2.42. The van der Waals surface area contributed by atoms with Gasteiger partial charge in [0.15, 0.2) is 11.4 Å². The Kier molecular flexibility index (Phi) is 4.10. The highest BCUT2D eigenvalue weighted by Crippen LogP contribution is 2.42. The van der Waals surface area contributed by atoms with E-state index in [1.165, 1.54) is 0 Å². The number of carbonyl (C=O) groups excluding carboxylic acids is 1. The fourth-order valence-electron chi connectivity index (χ4n) is 2.42. The van der Waals surface area contributed by atoms with Crippen LogP contribution in [0, 0.1) is 5.41 Å². The first-order chi connectivity index (χ1) is 9.93. The van der Waals surface area contributed by atoms with Crippen molar-refractivity contribution in [1.82, 2.24) is 0 Å². The van der Waals surface area contributed by atoms with Crippen LogP contribution < -0.4 is 0 Å². The van der Waals surface area contributed by atoms with Gasteiger partial charge in [-0.15, -0.1) is 6.58 Å². The number of benzene rings is 2. The molecular weight excluding hydrogens is 260 g/mol. The first-order valence-corrected chi connectivity index (χ1v) is 6.95. The Morgan fingerprint density at radius 3 is 1.95 bits per heavy atom. The Morgan fingerprint density at radius 2 is 1.48 bits per heavy atom. The minimum atomic E-state index is -1.66. The normalized spacial score (nSPS) is 14.2. The minimum absolute atomic E-state index is 0.320. The summed E-state index contributed by atoms with van der Waals surface area (Å²) < 4.78 is 0. The second-order valence-corrected chi connectivity index (χ2v) is 5.70. The summed E-state index contributed by atoms with van der Waals surface area (Å²) in [6.45, 7) is 7.41. The van der Waals surface area contributed by atoms with E-state index in [1.54, 1.807) is 42.5 Å². The summed E-state index contributed by atoms with van der Waals surface area (Å²) in [6, 6.07) is 17.9. The van der Waals surface area contributed by atoms with Crippen molar-refractivity contribution in [2.75, 3.05) is 0 Å². The van der Waals surface area contributed by atoms with Gasteiger partial charge in [-0.25, -0.2) is 0 Å². The Hall–Kier alpha value is -2.19. The summed E-state index contributed by atoms with van der Waals surface area (Å²) in [5.41, 5.74) is -1.40. The van der Waals surface area contributed by atoms with Crippen molar-refractivity contribution in [3.8, 4) is 0 Å². The van der Waals surface area contributed by atoms with Crippen molar-refractivity contribution in [2.45, 2.75) is 19.4 Å². The molecule has 2 aromatic rings. The first-order valence-electron chi connectivity index (χ1n) is 6.95. The molecule has 1 atom stereocenters. The molecule has 0 saturated carbocycles. The molecule has 1 N–H and O–H groups in total. The van der Waals surface area contributed by atoms with Crippen LogP contribution in [0.1, 0.15) is 29.8 Å². The van der Waals surface area contributed by atoms with E-state index < -0.39 is 11.0 Å². The van der Waals surface area contributed by atoms with E-state index in [4.69, 9.17) is 0 Å². The van der Waals surface area contributed by atoms with Crippen molar-refractivity contribution < 1.29 is 9.90 Å². The van der Waals surface area contributed by atoms with Gasteiger partial charge in [0.1, 0.15) is 0 Å². The molecule has 0 bridgehead atoms. The lowest BCUT2D eigenvalue weighted by molar-refractivity contribution is -0.0243. The van der Waals surface area contributed by atoms with Gasteiger partial charge in [0.25, 0.3) is 0 Å². The molecule has 21 heavy (non-hydrogen) atoms. The van der Waals surface area contributed by atoms with Gasteiger partial charge >= 0.3 is 0 Å². The van der Waals surface area contributed by atoms with Crippen LogP contribution in [0.2, 0.25) is 0 Å². The van der Waals surface area contributed by atoms with Gasteiger partial charge in [-0.1, -0.05) is 80.6 Å². The minimum Gasteiger partial charge on any atom is -0.376 e. The van der Waals surface area contributed by atoms with Gasteiger partial charge in [-0.2, -0.15) is 0 Å². The summed E-state index contributed by atoms with van der Waals surface area (Å²) in [5.74, 6) is -0.320. The zero-order valence-electron chi connectivity index (χ0n) is 12.4. The topological polar surface area (TPSA) is 37.3 Å². The summed E-state index contributed by atoms with van der Waals surface area (Å²) in [4.78, 5) is 13.0. The SMILES string of the molecule is C=CC(C)(C)C(O)(C(=O)c1ccccc1)c1ccccc1. The van der Waals surface area contributed by atoms with Crippen molar-refractivity contribution in [3.63, 3.8) is 0 Å². The molecule has 0 saturated heterocycles. The first kappa shape index (κ1) is 15.2. The summed E-state index contributed by atoms with van der Waals surface area (Å²) in [5, 5.41) is 11.3. The van der Waals surface area contributed by atoms with E-state index in [0.29, 0.717) is 11.1 Å². The van der Waals surface area contributed by atoms with Crippen LogP contribution in [0.15, 0.2) is 73.3 Å². The maximum atomic E-state index is 13.0. The zero-order chi connectivity index (χ0) is 15.5. The molecule has 0 aliphatic heterocycles. The number of hydrogen-bond donors (Lipinski definition) is 1. The Labute approximate surface area is 125 Å². The van der Waals surface area contributed by atoms with Gasteiger partial charge in [0, 0.05) is 11.0 Å². The molecule has 0 aliphatic rings. The lowest BCUT2D eigenvalue weighted by atomic mass is 9.67. The third-order valence-electron chi connectivity index (χ3n) is 4.00.